The van der Waals surface area contributed by atoms with Crippen LogP contribution in [0.5, 0.6) is 0 Å². The summed E-state index contributed by atoms with van der Waals surface area (Å²) in [5, 5.41) is 0. The molecule has 0 saturated heterocycles. The maximum absolute atomic E-state index is 12.3. The lowest BCUT2D eigenvalue weighted by Crippen LogP contribution is -2.59. The summed E-state index contributed by atoms with van der Waals surface area (Å²) in [5.74, 6) is -6.06. The van der Waals surface area contributed by atoms with Crippen molar-refractivity contribution >= 4 is 0 Å². The molecule has 0 aliphatic carbocycles. The third-order valence-corrected chi connectivity index (χ3v) is 1.40. The van der Waals surface area contributed by atoms with Gasteiger partial charge in [-0.05, 0) is 0 Å². The van der Waals surface area contributed by atoms with Gasteiger partial charge in [-0.25, -0.2) is 13.2 Å². The van der Waals surface area contributed by atoms with Gasteiger partial charge in [0.15, 0.2) is 6.80 Å². The van der Waals surface area contributed by atoms with Crippen molar-refractivity contribution in [3.8, 4) is 0 Å². The molecule has 0 heterocycles. The van der Waals surface area contributed by atoms with E-state index in [1.165, 1.54) is 0 Å². The van der Waals surface area contributed by atoms with Gasteiger partial charge in [-0.1, -0.05) is 0 Å². The molecule has 0 fully saturated rings. The molecule has 92 valence electrons. The molecule has 1 nitrogen and oxygen atoms in total. The van der Waals surface area contributed by atoms with Crippen molar-refractivity contribution in [1.29, 1.82) is 0 Å². The van der Waals surface area contributed by atoms with Gasteiger partial charge in [-0.3, -0.25) is 0 Å². The van der Waals surface area contributed by atoms with Gasteiger partial charge in [0.25, 0.3) is 0 Å². The smallest absolute Gasteiger partial charge is 0.233 e. The second-order valence-corrected chi connectivity index (χ2v) is 2.33. The van der Waals surface area contributed by atoms with E-state index in [4.69, 9.17) is 0 Å². The number of hydrogen-bond acceptors (Lipinski definition) is 1. The molecule has 10 heteroatoms. The monoisotopic (exact) mass is 249 g/mol. The van der Waals surface area contributed by atoms with Crippen LogP contribution in [0.25, 0.3) is 0 Å². The molecule has 0 aromatic heterocycles. The predicted octanol–water partition coefficient (Wildman–Crippen LogP) is 2.93. The molecule has 0 unspecified atom stereocenters. The van der Waals surface area contributed by atoms with E-state index in [2.05, 4.69) is 0 Å². The highest BCUT2D eigenvalue weighted by atomic mass is 19.3. The molecule has 0 spiro atoms. The van der Waals surface area contributed by atoms with Crippen LogP contribution in [0.15, 0.2) is 0 Å². The van der Waals surface area contributed by atoms with E-state index >= 15 is 0 Å². The molecule has 0 aliphatic rings. The van der Waals surface area contributed by atoms with Crippen molar-refractivity contribution < 1.29 is 39.5 Å². The third-order valence-electron chi connectivity index (χ3n) is 1.40. The minimum absolute atomic E-state index is 1.96. The highest BCUT2D eigenvalue weighted by molar-refractivity contribution is 4.86. The molecule has 0 amide bonds. The van der Waals surface area contributed by atoms with Crippen LogP contribution in [0.4, 0.5) is 39.5 Å². The van der Waals surface area contributed by atoms with Crippen molar-refractivity contribution in [3.05, 3.63) is 0 Å². The zero-order valence-electron chi connectivity index (χ0n) is 6.71. The van der Waals surface area contributed by atoms with Gasteiger partial charge in [0, 0.05) is 0 Å². The summed E-state index contributed by atoms with van der Waals surface area (Å²) in [6, 6.07) is -5.97. The van der Waals surface area contributed by atoms with Crippen LogP contribution in [0.2, 0.25) is 0 Å². The van der Waals surface area contributed by atoms with Crippen LogP contribution in [-0.4, -0.2) is 36.6 Å². The van der Waals surface area contributed by atoms with Gasteiger partial charge in [-0.2, -0.15) is 31.2 Å². The first-order valence-electron chi connectivity index (χ1n) is 3.23. The topological polar surface area (TPSA) is 3.24 Å². The molecule has 0 N–H and O–H groups in total. The second-order valence-electron chi connectivity index (χ2n) is 2.33. The van der Waals surface area contributed by atoms with Crippen LogP contribution in [0.3, 0.4) is 0 Å². The van der Waals surface area contributed by atoms with E-state index in [0.717, 1.165) is 0 Å². The normalized spacial score (nSPS) is 14.4. The Kier molecular flexibility index (Phi) is 4.26. The molecular weight excluding hydrogens is 245 g/mol. The fourth-order valence-corrected chi connectivity index (χ4v) is 0.573. The number of halogens is 9. The second kappa shape index (κ2) is 4.45. The number of hydrogen-bond donors (Lipinski definition) is 0. The van der Waals surface area contributed by atoms with Crippen molar-refractivity contribution in [2.24, 2.45) is 0 Å². The summed E-state index contributed by atoms with van der Waals surface area (Å²) in [6.07, 6.45) is -4.89. The number of rotatable bonds is 5. The average Bonchev–Trinajstić information content (AvgIpc) is 2.03. The van der Waals surface area contributed by atoms with E-state index in [9.17, 15) is 39.5 Å². The predicted molar refractivity (Wildman–Crippen MR) is 29.7 cm³/mol. The summed E-state index contributed by atoms with van der Waals surface area (Å²) in [4.78, 5) is -1.96. The summed E-state index contributed by atoms with van der Waals surface area (Å²) >= 11 is 0. The van der Waals surface area contributed by atoms with Crippen LogP contribution < -0.4 is 0 Å². The maximum Gasteiger partial charge on any atom is 0.383 e. The van der Waals surface area contributed by atoms with Crippen molar-refractivity contribution in [2.45, 2.75) is 24.9 Å². The van der Waals surface area contributed by atoms with Gasteiger partial charge in [0.1, 0.15) is 0 Å². The molecule has 0 aromatic rings. The lowest BCUT2D eigenvalue weighted by molar-refractivity contribution is -0.352. The first-order valence-corrected chi connectivity index (χ1v) is 3.23. The molecule has 0 aromatic carbocycles. The van der Waals surface area contributed by atoms with E-state index in [1.54, 1.807) is 0 Å². The fourth-order valence-electron chi connectivity index (χ4n) is 0.573. The molecular formula is C5H4F9N. The molecule has 0 radical (unpaired) electrons. The Bertz CT molecular complexity index is 203. The minimum Gasteiger partial charge on any atom is -0.233 e. The largest absolute Gasteiger partial charge is 0.383 e. The Hall–Kier alpha value is -0.670. The summed E-state index contributed by atoms with van der Waals surface area (Å²) in [6.45, 7) is -7.01. The van der Waals surface area contributed by atoms with Gasteiger partial charge in [0.05, 0.1) is 0 Å². The lowest BCUT2D eigenvalue weighted by Gasteiger charge is -2.32. The Morgan fingerprint density at radius 2 is 1.33 bits per heavy atom. The van der Waals surface area contributed by atoms with E-state index < -0.39 is 36.6 Å². The molecule has 15 heavy (non-hydrogen) atoms. The molecule has 0 bridgehead atoms. The fraction of sp³-hybridized carbons (Fsp3) is 1.00. The number of nitrogens with zero attached hydrogens (tertiary/aromatic N) is 1. The summed E-state index contributed by atoms with van der Waals surface area (Å²) < 4.78 is 107. The average molecular weight is 249 g/mol. The first kappa shape index (κ1) is 14.3. The number of alkyl halides is 9. The minimum atomic E-state index is -6.06. The quantitative estimate of drug-likeness (QED) is 0.534. The van der Waals surface area contributed by atoms with Crippen molar-refractivity contribution in [3.63, 3.8) is 0 Å². The Balaban J connectivity index is 5.09. The van der Waals surface area contributed by atoms with Gasteiger partial charge < -0.3 is 0 Å². The Morgan fingerprint density at radius 3 is 1.53 bits per heavy atom. The SMILES string of the molecule is FCN(C(F)F)C(F)(F)C(F)(F)C(F)F. The zero-order valence-corrected chi connectivity index (χ0v) is 6.71. The summed E-state index contributed by atoms with van der Waals surface area (Å²) in [7, 11) is 0. The highest BCUT2D eigenvalue weighted by Crippen LogP contribution is 2.42. The zero-order chi connectivity index (χ0) is 12.4. The Labute approximate surface area is 77.4 Å². The summed E-state index contributed by atoms with van der Waals surface area (Å²) in [5.41, 5.74) is 0. The first-order chi connectivity index (χ1) is 6.59. The van der Waals surface area contributed by atoms with Gasteiger partial charge >= 0.3 is 24.9 Å². The molecule has 0 atom stereocenters. The standard InChI is InChI=1S/C5H4F9N/c6-1-15(3(9)10)5(13,14)4(11,12)2(7)8/h2-3H,1H2. The Morgan fingerprint density at radius 1 is 0.933 bits per heavy atom. The van der Waals surface area contributed by atoms with Crippen LogP contribution in [0.1, 0.15) is 0 Å². The van der Waals surface area contributed by atoms with Crippen molar-refractivity contribution in [2.75, 3.05) is 6.80 Å². The maximum atomic E-state index is 12.3. The van der Waals surface area contributed by atoms with E-state index in [-0.39, 0.29) is 0 Å². The van der Waals surface area contributed by atoms with Crippen LogP contribution in [-0.2, 0) is 0 Å². The van der Waals surface area contributed by atoms with Gasteiger partial charge in [0.2, 0.25) is 0 Å². The molecule has 0 saturated carbocycles. The lowest BCUT2D eigenvalue weighted by atomic mass is 10.2. The third kappa shape index (κ3) is 2.47. The van der Waals surface area contributed by atoms with Crippen LogP contribution in [0, 0.1) is 0 Å². The molecule has 0 aliphatic heterocycles. The van der Waals surface area contributed by atoms with Gasteiger partial charge in [-0.15, -0.1) is 0 Å². The van der Waals surface area contributed by atoms with Crippen LogP contribution >= 0.6 is 0 Å². The van der Waals surface area contributed by atoms with E-state index in [1.807, 2.05) is 0 Å². The highest BCUT2D eigenvalue weighted by Gasteiger charge is 2.67. The van der Waals surface area contributed by atoms with Crippen molar-refractivity contribution in [1.82, 2.24) is 4.90 Å². The molecule has 0 rings (SSSR count). The van der Waals surface area contributed by atoms with E-state index in [0.29, 0.717) is 0 Å².